The number of carboxylic acid groups (broad SMARTS) is 1. The minimum absolute atomic E-state index is 0.0136. The van der Waals surface area contributed by atoms with Crippen LogP contribution in [0.3, 0.4) is 0 Å². The Morgan fingerprint density at radius 3 is 2.76 bits per heavy atom. The lowest BCUT2D eigenvalue weighted by Crippen LogP contribution is -2.35. The maximum atomic E-state index is 13.3. The largest absolute Gasteiger partial charge is 0.480 e. The molecule has 0 radical (unpaired) electrons. The number of aliphatic carboxylic acids is 1. The second-order valence-corrected chi connectivity index (χ2v) is 9.59. The molecule has 3 rings (SSSR count). The number of aromatic amines is 1. The fourth-order valence-corrected chi connectivity index (χ4v) is 4.90. The van der Waals surface area contributed by atoms with Crippen LogP contribution in [-0.4, -0.2) is 50.6 Å². The van der Waals surface area contributed by atoms with Crippen LogP contribution in [0.1, 0.15) is 25.1 Å². The topological polar surface area (TPSA) is 169 Å². The number of rotatable bonds is 10. The number of para-hydroxylation sites is 1. The average Bonchev–Trinajstić information content (AvgIpc) is 3.15. The number of hydrogen-bond donors (Lipinski definition) is 4. The third-order valence-electron chi connectivity index (χ3n) is 4.85. The van der Waals surface area contributed by atoms with E-state index in [4.69, 9.17) is 13.8 Å². The second-order valence-electron chi connectivity index (χ2n) is 7.36. The van der Waals surface area contributed by atoms with E-state index in [1.54, 1.807) is 18.2 Å². The molecule has 1 aliphatic heterocycles. The Kier molecular flexibility index (Phi) is 8.63. The van der Waals surface area contributed by atoms with Gasteiger partial charge in [-0.3, -0.25) is 23.7 Å². The lowest BCUT2D eigenvalue weighted by Gasteiger charge is -2.24. The van der Waals surface area contributed by atoms with Crippen LogP contribution in [-0.2, 0) is 18.6 Å². The number of carboxylic acids is 1. The molecule has 1 aliphatic rings. The number of aliphatic hydroxyl groups is 1. The minimum atomic E-state index is -4.21. The summed E-state index contributed by atoms with van der Waals surface area (Å²) in [6.45, 7) is 0.832. The van der Waals surface area contributed by atoms with Crippen LogP contribution in [0.2, 0.25) is 0 Å². The van der Waals surface area contributed by atoms with Gasteiger partial charge >= 0.3 is 19.4 Å². The second kappa shape index (κ2) is 11.3. The summed E-state index contributed by atoms with van der Waals surface area (Å²) in [5.74, 6) is -1.10. The normalized spacial score (nSPS) is 23.0. The van der Waals surface area contributed by atoms with Gasteiger partial charge in [0.1, 0.15) is 24.1 Å². The van der Waals surface area contributed by atoms with E-state index in [0.717, 1.165) is 4.57 Å². The third kappa shape index (κ3) is 6.53. The Hall–Kier alpha value is -2.54. The van der Waals surface area contributed by atoms with Crippen LogP contribution >= 0.6 is 23.7 Å². The number of ether oxygens (including phenoxy) is 1. The summed E-state index contributed by atoms with van der Waals surface area (Å²) < 4.78 is 30.9. The van der Waals surface area contributed by atoms with Crippen LogP contribution in [0.15, 0.2) is 51.1 Å². The Bertz CT molecular complexity index is 1200. The van der Waals surface area contributed by atoms with Gasteiger partial charge in [-0.25, -0.2) is 9.36 Å². The summed E-state index contributed by atoms with van der Waals surface area (Å²) in [7, 11) is -4.21. The van der Waals surface area contributed by atoms with Crippen LogP contribution in [0.4, 0.5) is 0 Å². The van der Waals surface area contributed by atoms with Crippen LogP contribution in [0.5, 0.6) is 5.75 Å². The van der Waals surface area contributed by atoms with Gasteiger partial charge in [-0.15, -0.1) is 0 Å². The van der Waals surface area contributed by atoms with Crippen LogP contribution in [0, 0.1) is 0 Å². The van der Waals surface area contributed by atoms with Crippen molar-refractivity contribution in [3.63, 3.8) is 0 Å². The number of nitrogens with zero attached hydrogens (tertiary/aromatic N) is 1. The molecule has 0 spiro atoms. The van der Waals surface area contributed by atoms with Crippen molar-refractivity contribution in [2.45, 2.75) is 37.8 Å². The molecule has 34 heavy (non-hydrogen) atoms. The van der Waals surface area contributed by atoms with E-state index < -0.39 is 56.0 Å². The molecule has 14 heteroatoms. The molecule has 0 aliphatic carbocycles. The van der Waals surface area contributed by atoms with Crippen molar-refractivity contribution < 1.29 is 33.4 Å². The zero-order chi connectivity index (χ0) is 24.9. The zero-order valence-electron chi connectivity index (χ0n) is 17.9. The van der Waals surface area contributed by atoms with Gasteiger partial charge < -0.3 is 19.5 Å². The van der Waals surface area contributed by atoms with Gasteiger partial charge in [-0.2, -0.15) is 5.09 Å². The number of hydrogen-bond acceptors (Lipinski definition) is 8. The molecule has 1 aromatic heterocycles. The Morgan fingerprint density at radius 2 is 2.12 bits per heavy atom. The van der Waals surface area contributed by atoms with Crippen molar-refractivity contribution in [1.29, 1.82) is 0 Å². The van der Waals surface area contributed by atoms with Crippen molar-refractivity contribution in [3.05, 3.63) is 67.9 Å². The minimum Gasteiger partial charge on any atom is -0.480 e. The summed E-state index contributed by atoms with van der Waals surface area (Å²) in [4.78, 5) is 39.0. The highest BCUT2D eigenvalue weighted by molar-refractivity contribution is 9.11. The van der Waals surface area contributed by atoms with Gasteiger partial charge in [0.15, 0.2) is 0 Å². The summed E-state index contributed by atoms with van der Waals surface area (Å²) >= 11 is 3.06. The highest BCUT2D eigenvalue weighted by atomic mass is 79.9. The molecule has 4 unspecified atom stereocenters. The molecule has 1 saturated heterocycles. The maximum Gasteiger partial charge on any atom is 0.459 e. The molecule has 0 saturated carbocycles. The monoisotopic (exact) mass is 559 g/mol. The maximum absolute atomic E-state index is 13.3. The number of H-pyrrole nitrogens is 1. The summed E-state index contributed by atoms with van der Waals surface area (Å²) in [5.41, 5.74) is -1.14. The van der Waals surface area contributed by atoms with E-state index in [9.17, 15) is 29.2 Å². The van der Waals surface area contributed by atoms with Gasteiger partial charge in [-0.05, 0) is 30.1 Å². The van der Waals surface area contributed by atoms with Gasteiger partial charge in [0, 0.05) is 12.6 Å². The number of benzene rings is 1. The highest BCUT2D eigenvalue weighted by Gasteiger charge is 2.39. The Balaban J connectivity index is 1.75. The molecule has 12 nitrogen and oxygen atoms in total. The highest BCUT2D eigenvalue weighted by Crippen LogP contribution is 2.45. The van der Waals surface area contributed by atoms with E-state index in [-0.39, 0.29) is 17.7 Å². The summed E-state index contributed by atoms with van der Waals surface area (Å²) in [5, 5.41) is 21.9. The number of halogens is 1. The quantitative estimate of drug-likeness (QED) is 0.315. The zero-order valence-corrected chi connectivity index (χ0v) is 20.3. The fraction of sp³-hybridized carbons (Fsp3) is 0.350. The molecule has 0 amide bonds. The van der Waals surface area contributed by atoms with E-state index in [1.165, 1.54) is 36.3 Å². The van der Waals surface area contributed by atoms with E-state index in [0.29, 0.717) is 0 Å². The molecule has 5 atom stereocenters. The van der Waals surface area contributed by atoms with Crippen molar-refractivity contribution in [3.8, 4) is 5.75 Å². The molecular formula is C20H23BrN3O9P. The molecular weight excluding hydrogens is 537 g/mol. The number of aromatic nitrogens is 2. The molecule has 1 fully saturated rings. The summed E-state index contributed by atoms with van der Waals surface area (Å²) in [6, 6.07) is 6.75. The molecule has 0 bridgehead atoms. The van der Waals surface area contributed by atoms with Gasteiger partial charge in [-0.1, -0.05) is 34.1 Å². The van der Waals surface area contributed by atoms with E-state index >= 15 is 0 Å². The van der Waals surface area contributed by atoms with Crippen LogP contribution in [0.25, 0.3) is 6.08 Å². The standard InChI is InChI=1S/C20H23BrN3O9P/c1-12(19(27)28)23-34(30,33-14-5-3-2-4-6-14)31-11-16-15(25)9-17(32-16)24-10-13(7-8-21)18(26)22-20(24)29/h2-8,10,12,15-17,25H,9,11H2,1H3,(H,23,30)(H,27,28)(H,22,26,29)/b8-7+/t12-,15?,16?,17?,34?/m0/s1. The van der Waals surface area contributed by atoms with Gasteiger partial charge in [0.25, 0.3) is 5.56 Å². The molecule has 2 aromatic rings. The lowest BCUT2D eigenvalue weighted by atomic mass is 10.2. The average molecular weight is 560 g/mol. The Morgan fingerprint density at radius 1 is 1.41 bits per heavy atom. The first-order chi connectivity index (χ1) is 16.1. The molecule has 4 N–H and O–H groups in total. The third-order valence-corrected chi connectivity index (χ3v) is 6.76. The summed E-state index contributed by atoms with van der Waals surface area (Å²) in [6.07, 6.45) is -0.350. The van der Waals surface area contributed by atoms with Crippen molar-refractivity contribution in [2.24, 2.45) is 0 Å². The lowest BCUT2D eigenvalue weighted by molar-refractivity contribution is -0.138. The predicted octanol–water partition coefficient (Wildman–Crippen LogP) is 1.82. The van der Waals surface area contributed by atoms with Gasteiger partial charge in [0.2, 0.25) is 0 Å². The Labute approximate surface area is 201 Å². The first-order valence-corrected chi connectivity index (χ1v) is 12.5. The van der Waals surface area contributed by atoms with Crippen LogP contribution < -0.4 is 20.9 Å². The smallest absolute Gasteiger partial charge is 0.459 e. The van der Waals surface area contributed by atoms with Crippen molar-refractivity contribution in [2.75, 3.05) is 6.61 Å². The van der Waals surface area contributed by atoms with E-state index in [2.05, 4.69) is 26.0 Å². The molecule has 184 valence electrons. The van der Waals surface area contributed by atoms with Crippen molar-refractivity contribution >= 4 is 35.7 Å². The number of aliphatic hydroxyl groups excluding tert-OH is 1. The number of carbonyl (C=O) groups is 1. The molecule has 2 heterocycles. The SMILES string of the molecule is C[C@H](NP(=O)(OCC1OC(n2cc(/C=C/Br)c(=O)[nH]c2=O)CC1O)Oc1ccccc1)C(=O)O. The number of nitrogens with one attached hydrogen (secondary N) is 2. The van der Waals surface area contributed by atoms with Crippen molar-refractivity contribution in [1.82, 2.24) is 14.6 Å². The predicted molar refractivity (Wildman–Crippen MR) is 125 cm³/mol. The van der Waals surface area contributed by atoms with E-state index in [1.807, 2.05) is 0 Å². The van der Waals surface area contributed by atoms with Gasteiger partial charge in [0.05, 0.1) is 18.3 Å². The fourth-order valence-electron chi connectivity index (χ4n) is 3.11. The first kappa shape index (κ1) is 26.1. The molecule has 1 aromatic carbocycles. The first-order valence-electron chi connectivity index (χ1n) is 10.1.